The van der Waals surface area contributed by atoms with Gasteiger partial charge in [-0.1, -0.05) is 0 Å². The Balaban J connectivity index is 1.86. The number of aromatic nitrogens is 1. The van der Waals surface area contributed by atoms with Crippen LogP contribution >= 0.6 is 0 Å². The van der Waals surface area contributed by atoms with E-state index in [1.165, 1.54) is 18.7 Å². The summed E-state index contributed by atoms with van der Waals surface area (Å²) in [6.07, 6.45) is 8.97. The first-order valence-corrected chi connectivity index (χ1v) is 6.81. The fourth-order valence-electron chi connectivity index (χ4n) is 3.22. The van der Waals surface area contributed by atoms with Crippen molar-refractivity contribution in [2.24, 2.45) is 5.92 Å². The standard InChI is InChI=1S/C15H16N2O3/c18-14(19)4-2-11-8-16-6-5-13(11)15(20)17-9-10-1-3-12(17)7-10/h2,4-6,8,10,12H,1,3,7,9H2,(H,18,19). The van der Waals surface area contributed by atoms with E-state index in [4.69, 9.17) is 5.11 Å². The summed E-state index contributed by atoms with van der Waals surface area (Å²) >= 11 is 0. The highest BCUT2D eigenvalue weighted by Crippen LogP contribution is 2.38. The van der Waals surface area contributed by atoms with Gasteiger partial charge in [0.15, 0.2) is 0 Å². The zero-order valence-electron chi connectivity index (χ0n) is 11.0. The molecule has 1 aliphatic heterocycles. The first-order chi connectivity index (χ1) is 9.65. The maximum atomic E-state index is 12.6. The molecule has 3 rings (SSSR count). The van der Waals surface area contributed by atoms with E-state index in [0.717, 1.165) is 25.5 Å². The smallest absolute Gasteiger partial charge is 0.328 e. The number of nitrogens with zero attached hydrogens (tertiary/aromatic N) is 2. The molecule has 5 heteroatoms. The third-order valence-corrected chi connectivity index (χ3v) is 4.16. The van der Waals surface area contributed by atoms with Crippen molar-refractivity contribution < 1.29 is 14.7 Å². The van der Waals surface area contributed by atoms with Crippen molar-refractivity contribution >= 4 is 18.0 Å². The van der Waals surface area contributed by atoms with Crippen LogP contribution in [0.5, 0.6) is 0 Å². The molecular formula is C15H16N2O3. The number of amides is 1. The van der Waals surface area contributed by atoms with Crippen molar-refractivity contribution in [2.75, 3.05) is 6.54 Å². The molecule has 2 fully saturated rings. The number of carbonyl (C=O) groups is 2. The van der Waals surface area contributed by atoms with Gasteiger partial charge in [-0.05, 0) is 37.3 Å². The van der Waals surface area contributed by atoms with E-state index in [2.05, 4.69) is 4.98 Å². The highest BCUT2D eigenvalue weighted by molar-refractivity contribution is 5.99. The second-order valence-electron chi connectivity index (χ2n) is 5.42. The van der Waals surface area contributed by atoms with Crippen molar-refractivity contribution in [3.8, 4) is 0 Å². The van der Waals surface area contributed by atoms with Gasteiger partial charge in [0.1, 0.15) is 0 Å². The second-order valence-corrected chi connectivity index (χ2v) is 5.42. The molecule has 1 aromatic heterocycles. The van der Waals surface area contributed by atoms with E-state index >= 15 is 0 Å². The molecule has 2 unspecified atom stereocenters. The third-order valence-electron chi connectivity index (χ3n) is 4.16. The number of hydrogen-bond acceptors (Lipinski definition) is 3. The van der Waals surface area contributed by atoms with Gasteiger partial charge >= 0.3 is 5.97 Å². The van der Waals surface area contributed by atoms with Crippen molar-refractivity contribution in [1.82, 2.24) is 9.88 Å². The molecule has 1 amide bonds. The summed E-state index contributed by atoms with van der Waals surface area (Å²) in [6, 6.07) is 2.02. The number of hydrogen-bond donors (Lipinski definition) is 1. The lowest BCUT2D eigenvalue weighted by molar-refractivity contribution is -0.131. The zero-order chi connectivity index (χ0) is 14.1. The largest absolute Gasteiger partial charge is 0.478 e. The Hall–Kier alpha value is -2.17. The van der Waals surface area contributed by atoms with Crippen LogP contribution < -0.4 is 0 Å². The highest BCUT2D eigenvalue weighted by Gasteiger charge is 2.40. The summed E-state index contributed by atoms with van der Waals surface area (Å²) in [5, 5.41) is 8.70. The molecule has 2 aliphatic rings. The molecule has 1 saturated carbocycles. The number of carboxylic acids is 1. The van der Waals surface area contributed by atoms with Crippen molar-refractivity contribution in [2.45, 2.75) is 25.3 Å². The van der Waals surface area contributed by atoms with Gasteiger partial charge in [0, 0.05) is 42.2 Å². The van der Waals surface area contributed by atoms with Gasteiger partial charge in [-0.15, -0.1) is 0 Å². The predicted octanol–water partition coefficient (Wildman–Crippen LogP) is 1.80. The van der Waals surface area contributed by atoms with E-state index in [0.29, 0.717) is 23.1 Å². The van der Waals surface area contributed by atoms with Gasteiger partial charge in [0.2, 0.25) is 0 Å². The Morgan fingerprint density at radius 2 is 2.25 bits per heavy atom. The molecule has 1 aromatic rings. The van der Waals surface area contributed by atoms with Crippen LogP contribution in [0.1, 0.15) is 35.2 Å². The van der Waals surface area contributed by atoms with Crippen molar-refractivity contribution in [3.63, 3.8) is 0 Å². The molecule has 2 atom stereocenters. The molecule has 1 aliphatic carbocycles. The molecule has 104 valence electrons. The lowest BCUT2D eigenvalue weighted by Gasteiger charge is -2.27. The van der Waals surface area contributed by atoms with Gasteiger partial charge in [-0.25, -0.2) is 4.79 Å². The Kier molecular flexibility index (Phi) is 3.26. The van der Waals surface area contributed by atoms with Crippen LogP contribution in [0.25, 0.3) is 6.08 Å². The van der Waals surface area contributed by atoms with E-state index in [1.54, 1.807) is 12.3 Å². The van der Waals surface area contributed by atoms with Crippen molar-refractivity contribution in [1.29, 1.82) is 0 Å². The van der Waals surface area contributed by atoms with Gasteiger partial charge in [0.05, 0.1) is 0 Å². The number of carbonyl (C=O) groups excluding carboxylic acids is 1. The van der Waals surface area contributed by atoms with Crippen molar-refractivity contribution in [3.05, 3.63) is 35.7 Å². The summed E-state index contributed by atoms with van der Waals surface area (Å²) < 4.78 is 0. The fourth-order valence-corrected chi connectivity index (χ4v) is 3.22. The minimum atomic E-state index is -1.03. The lowest BCUT2D eigenvalue weighted by atomic mass is 10.1. The summed E-state index contributed by atoms with van der Waals surface area (Å²) in [4.78, 5) is 29.1. The molecule has 2 heterocycles. The molecule has 0 radical (unpaired) electrons. The maximum absolute atomic E-state index is 12.6. The topological polar surface area (TPSA) is 70.5 Å². The van der Waals surface area contributed by atoms with E-state index in [-0.39, 0.29) is 5.91 Å². The number of carboxylic acid groups (broad SMARTS) is 1. The van der Waals surface area contributed by atoms with Crippen LogP contribution in [0, 0.1) is 5.92 Å². The molecule has 0 spiro atoms. The molecule has 1 N–H and O–H groups in total. The number of aliphatic carboxylic acids is 1. The van der Waals surface area contributed by atoms with Crippen LogP contribution in [-0.2, 0) is 4.79 Å². The van der Waals surface area contributed by atoms with E-state index in [1.807, 2.05) is 4.90 Å². The average molecular weight is 272 g/mol. The van der Waals surface area contributed by atoms with Crippen LogP contribution in [0.2, 0.25) is 0 Å². The zero-order valence-corrected chi connectivity index (χ0v) is 11.0. The number of pyridine rings is 1. The summed E-state index contributed by atoms with van der Waals surface area (Å²) in [7, 11) is 0. The number of piperidine rings is 1. The Labute approximate surface area is 116 Å². The van der Waals surface area contributed by atoms with Crippen LogP contribution in [0.4, 0.5) is 0 Å². The summed E-state index contributed by atoms with van der Waals surface area (Å²) in [5.74, 6) is -0.402. The van der Waals surface area contributed by atoms with Crippen LogP contribution in [0.15, 0.2) is 24.5 Å². The van der Waals surface area contributed by atoms with E-state index in [9.17, 15) is 9.59 Å². The van der Waals surface area contributed by atoms with Gasteiger partial charge in [-0.3, -0.25) is 9.78 Å². The Morgan fingerprint density at radius 1 is 1.40 bits per heavy atom. The molecule has 0 aromatic carbocycles. The normalized spacial score (nSPS) is 24.5. The van der Waals surface area contributed by atoms with Crippen LogP contribution in [-0.4, -0.2) is 39.5 Å². The lowest BCUT2D eigenvalue weighted by Crippen LogP contribution is -2.37. The summed E-state index contributed by atoms with van der Waals surface area (Å²) in [5.41, 5.74) is 1.09. The molecule has 5 nitrogen and oxygen atoms in total. The Bertz CT molecular complexity index is 582. The monoisotopic (exact) mass is 272 g/mol. The fraction of sp³-hybridized carbons (Fsp3) is 0.400. The molecular weight excluding hydrogens is 256 g/mol. The Morgan fingerprint density at radius 3 is 2.90 bits per heavy atom. The second kappa shape index (κ2) is 5.07. The van der Waals surface area contributed by atoms with Crippen LogP contribution in [0.3, 0.4) is 0 Å². The van der Waals surface area contributed by atoms with E-state index < -0.39 is 5.97 Å². The first-order valence-electron chi connectivity index (χ1n) is 6.81. The highest BCUT2D eigenvalue weighted by atomic mass is 16.4. The minimum absolute atomic E-state index is 0.00959. The number of fused-ring (bicyclic) bond motifs is 2. The minimum Gasteiger partial charge on any atom is -0.478 e. The quantitative estimate of drug-likeness (QED) is 0.852. The molecule has 2 bridgehead atoms. The summed E-state index contributed by atoms with van der Waals surface area (Å²) in [6.45, 7) is 0.827. The van der Waals surface area contributed by atoms with Gasteiger partial charge in [-0.2, -0.15) is 0 Å². The van der Waals surface area contributed by atoms with Gasteiger partial charge < -0.3 is 10.0 Å². The maximum Gasteiger partial charge on any atom is 0.328 e. The number of rotatable bonds is 3. The SMILES string of the molecule is O=C(O)C=Cc1cnccc1C(=O)N1CC2CCC1C2. The average Bonchev–Trinajstić information content (AvgIpc) is 3.07. The predicted molar refractivity (Wildman–Crippen MR) is 73.1 cm³/mol. The van der Waals surface area contributed by atoms with Gasteiger partial charge in [0.25, 0.3) is 5.91 Å². The number of likely N-dealkylation sites (tertiary alicyclic amines) is 1. The first kappa shape index (κ1) is 12.8. The third kappa shape index (κ3) is 2.31. The molecule has 1 saturated heterocycles. The molecule has 20 heavy (non-hydrogen) atoms.